The van der Waals surface area contributed by atoms with E-state index >= 15 is 0 Å². The molecule has 2 N–H and O–H groups in total. The first kappa shape index (κ1) is 14.1. The van der Waals surface area contributed by atoms with Crippen molar-refractivity contribution in [2.45, 2.75) is 0 Å². The second-order valence-electron chi connectivity index (χ2n) is 2.62. The molecule has 0 fully saturated rings. The Kier molecular flexibility index (Phi) is 4.56. The number of benzene rings is 1. The zero-order valence-corrected chi connectivity index (χ0v) is 13.6. The van der Waals surface area contributed by atoms with Crippen molar-refractivity contribution in [2.24, 2.45) is 0 Å². The fraction of sp³-hybridized carbons (Fsp3) is 0. The lowest BCUT2D eigenvalue weighted by atomic mass is 10.1. The molecule has 0 unspecified atom stereocenters. The average molecular weight is 482 g/mol. The molecule has 1 rings (SSSR count). The molecule has 0 aliphatic heterocycles. The Morgan fingerprint density at radius 3 is 1.25 bits per heavy atom. The number of aromatic carboxylic acids is 2. The van der Waals surface area contributed by atoms with Gasteiger partial charge in [-0.25, -0.2) is 9.59 Å². The maximum atomic E-state index is 11.0. The zero-order chi connectivity index (χ0) is 12.6. The minimum atomic E-state index is -1.23. The molecular formula is C8H2Br4O4. The van der Waals surface area contributed by atoms with E-state index < -0.39 is 11.9 Å². The maximum Gasteiger partial charge on any atom is 0.338 e. The van der Waals surface area contributed by atoms with E-state index in [9.17, 15) is 9.59 Å². The summed E-state index contributed by atoms with van der Waals surface area (Å²) in [6.45, 7) is 0. The lowest BCUT2D eigenvalue weighted by Crippen LogP contribution is -2.08. The van der Waals surface area contributed by atoms with E-state index in [1.807, 2.05) is 0 Å². The maximum absolute atomic E-state index is 11.0. The third-order valence-electron chi connectivity index (χ3n) is 1.69. The summed E-state index contributed by atoms with van der Waals surface area (Å²) in [5.74, 6) is -2.45. The molecule has 0 saturated heterocycles. The lowest BCUT2D eigenvalue weighted by molar-refractivity contribution is 0.0694. The average Bonchev–Trinajstić information content (AvgIpc) is 2.13. The summed E-state index contributed by atoms with van der Waals surface area (Å²) in [5, 5.41) is 18.0. The Hall–Kier alpha value is 0.0800. The third-order valence-corrected chi connectivity index (χ3v) is 5.93. The number of carboxylic acids is 2. The van der Waals surface area contributed by atoms with Gasteiger partial charge in [-0.15, -0.1) is 0 Å². The lowest BCUT2D eigenvalue weighted by Gasteiger charge is -2.11. The van der Waals surface area contributed by atoms with Gasteiger partial charge in [-0.05, 0) is 63.7 Å². The van der Waals surface area contributed by atoms with E-state index in [-0.39, 0.29) is 24.5 Å². The van der Waals surface area contributed by atoms with Crippen LogP contribution in [-0.4, -0.2) is 22.2 Å². The zero-order valence-electron chi connectivity index (χ0n) is 7.22. The molecule has 86 valence electrons. The molecule has 0 aliphatic carbocycles. The quantitative estimate of drug-likeness (QED) is 0.492. The predicted octanol–water partition coefficient (Wildman–Crippen LogP) is 4.13. The molecule has 0 aliphatic rings. The Balaban J connectivity index is 3.80. The van der Waals surface area contributed by atoms with Crippen LogP contribution in [0.15, 0.2) is 17.9 Å². The van der Waals surface area contributed by atoms with Crippen LogP contribution in [0.3, 0.4) is 0 Å². The van der Waals surface area contributed by atoms with E-state index in [2.05, 4.69) is 63.7 Å². The molecule has 0 atom stereocenters. The summed E-state index contributed by atoms with van der Waals surface area (Å²) in [6, 6.07) is 0. The van der Waals surface area contributed by atoms with E-state index in [0.717, 1.165) is 0 Å². The van der Waals surface area contributed by atoms with E-state index in [1.54, 1.807) is 0 Å². The van der Waals surface area contributed by atoms with E-state index in [4.69, 9.17) is 10.2 Å². The second kappa shape index (κ2) is 5.16. The van der Waals surface area contributed by atoms with Gasteiger partial charge in [-0.3, -0.25) is 0 Å². The summed E-state index contributed by atoms with van der Waals surface area (Å²) in [7, 11) is 0. The minimum Gasteiger partial charge on any atom is -0.478 e. The standard InChI is InChI=1S/C8H2Br4O4/c9-3-1(7(13)14)4(10)6(12)5(11)2(3)8(15)16/h(H,13,14)(H,15,16). The molecule has 8 heteroatoms. The van der Waals surface area contributed by atoms with Gasteiger partial charge in [-0.1, -0.05) is 0 Å². The van der Waals surface area contributed by atoms with Crippen LogP contribution in [0.2, 0.25) is 0 Å². The first-order valence-corrected chi connectivity index (χ1v) is 6.78. The normalized spacial score (nSPS) is 10.2. The molecular weight excluding hydrogens is 480 g/mol. The van der Waals surface area contributed by atoms with Gasteiger partial charge in [-0.2, -0.15) is 0 Å². The first-order valence-electron chi connectivity index (χ1n) is 3.61. The molecule has 4 nitrogen and oxygen atoms in total. The largest absolute Gasteiger partial charge is 0.478 e. The van der Waals surface area contributed by atoms with Crippen LogP contribution < -0.4 is 0 Å². The van der Waals surface area contributed by atoms with Crippen LogP contribution in [-0.2, 0) is 0 Å². The SMILES string of the molecule is O=C(O)c1c(Br)c(Br)c(Br)c(C(=O)O)c1Br. The van der Waals surface area contributed by atoms with Gasteiger partial charge in [0, 0.05) is 17.9 Å². The number of hydrogen-bond acceptors (Lipinski definition) is 2. The molecule has 0 saturated carbocycles. The van der Waals surface area contributed by atoms with Crippen LogP contribution in [0.25, 0.3) is 0 Å². The highest BCUT2D eigenvalue weighted by atomic mass is 79.9. The van der Waals surface area contributed by atoms with Gasteiger partial charge in [0.05, 0.1) is 11.1 Å². The molecule has 16 heavy (non-hydrogen) atoms. The van der Waals surface area contributed by atoms with Crippen LogP contribution in [0, 0.1) is 0 Å². The van der Waals surface area contributed by atoms with Crippen LogP contribution >= 0.6 is 63.7 Å². The summed E-state index contributed by atoms with van der Waals surface area (Å²) >= 11 is 12.3. The molecule has 1 aromatic rings. The second-order valence-corrected chi connectivity index (χ2v) is 5.79. The van der Waals surface area contributed by atoms with Crippen LogP contribution in [0.5, 0.6) is 0 Å². The Morgan fingerprint density at radius 1 is 0.688 bits per heavy atom. The molecule has 0 bridgehead atoms. The highest BCUT2D eigenvalue weighted by Gasteiger charge is 2.26. The van der Waals surface area contributed by atoms with Crippen molar-refractivity contribution in [1.82, 2.24) is 0 Å². The van der Waals surface area contributed by atoms with Gasteiger partial charge >= 0.3 is 11.9 Å². The number of carboxylic acid groups (broad SMARTS) is 2. The third kappa shape index (κ3) is 2.34. The minimum absolute atomic E-state index is 0.00875. The number of carbonyl (C=O) groups is 2. The van der Waals surface area contributed by atoms with Gasteiger partial charge in [0.1, 0.15) is 0 Å². The van der Waals surface area contributed by atoms with Gasteiger partial charge in [0.25, 0.3) is 0 Å². The molecule has 0 spiro atoms. The summed E-state index contributed by atoms with van der Waals surface area (Å²) in [6.07, 6.45) is 0. The number of halogens is 4. The van der Waals surface area contributed by atoms with E-state index in [0.29, 0.717) is 4.47 Å². The van der Waals surface area contributed by atoms with Gasteiger partial charge < -0.3 is 10.2 Å². The highest BCUT2D eigenvalue weighted by Crippen LogP contribution is 2.41. The number of rotatable bonds is 2. The molecule has 0 heterocycles. The Bertz CT molecular complexity index is 456. The summed E-state index contributed by atoms with van der Waals surface area (Å²) in [5.41, 5.74) is -0.292. The van der Waals surface area contributed by atoms with Crippen molar-refractivity contribution in [3.8, 4) is 0 Å². The van der Waals surface area contributed by atoms with Crippen LogP contribution in [0.4, 0.5) is 0 Å². The fourth-order valence-corrected chi connectivity index (χ4v) is 4.07. The monoisotopic (exact) mass is 478 g/mol. The highest BCUT2D eigenvalue weighted by molar-refractivity contribution is 9.14. The van der Waals surface area contributed by atoms with Crippen molar-refractivity contribution in [3.05, 3.63) is 29.0 Å². The fourth-order valence-electron chi connectivity index (χ4n) is 1.01. The van der Waals surface area contributed by atoms with Gasteiger partial charge in [0.2, 0.25) is 0 Å². The van der Waals surface area contributed by atoms with Crippen LogP contribution in [0.1, 0.15) is 20.7 Å². The molecule has 0 amide bonds. The van der Waals surface area contributed by atoms with Crippen molar-refractivity contribution in [2.75, 3.05) is 0 Å². The predicted molar refractivity (Wildman–Crippen MR) is 71.2 cm³/mol. The molecule has 0 aromatic heterocycles. The number of hydrogen-bond donors (Lipinski definition) is 2. The van der Waals surface area contributed by atoms with E-state index in [1.165, 1.54) is 0 Å². The summed E-state index contributed by atoms with van der Waals surface area (Å²) in [4.78, 5) is 22.0. The van der Waals surface area contributed by atoms with Crippen molar-refractivity contribution >= 4 is 75.7 Å². The van der Waals surface area contributed by atoms with Crippen molar-refractivity contribution in [3.63, 3.8) is 0 Å². The summed E-state index contributed by atoms with van der Waals surface area (Å²) < 4.78 is 0.882. The topological polar surface area (TPSA) is 74.6 Å². The Morgan fingerprint density at radius 2 is 1.00 bits per heavy atom. The van der Waals surface area contributed by atoms with Crippen molar-refractivity contribution in [1.29, 1.82) is 0 Å². The Labute approximate surface area is 124 Å². The smallest absolute Gasteiger partial charge is 0.338 e. The first-order chi connectivity index (χ1) is 7.29. The molecule has 0 radical (unpaired) electrons. The van der Waals surface area contributed by atoms with Gasteiger partial charge in [0.15, 0.2) is 0 Å². The molecule has 1 aromatic carbocycles. The van der Waals surface area contributed by atoms with Crippen molar-refractivity contribution < 1.29 is 19.8 Å².